The molecule has 2 unspecified atom stereocenters. The van der Waals surface area contributed by atoms with E-state index in [1.165, 1.54) is 12.2 Å². The Morgan fingerprint density at radius 1 is 0.732 bits per heavy atom. The first kappa shape index (κ1) is 28.3. The zero-order valence-electron chi connectivity index (χ0n) is 22.3. The summed E-state index contributed by atoms with van der Waals surface area (Å²) >= 11 is 0. The SMILES string of the molecule is COC(=O)C1=C(C(=O)OC)C2(OP(=O)(Oc3ccccc3)Oc3ccccc3)C=CC1(COCc1ccccc1)O2. The molecule has 3 aromatic rings. The summed E-state index contributed by atoms with van der Waals surface area (Å²) in [7, 11) is -2.34. The molecule has 0 saturated heterocycles. The van der Waals surface area contributed by atoms with Gasteiger partial charge < -0.3 is 28.0 Å². The number of rotatable bonds is 12. The predicted octanol–water partition coefficient (Wildman–Crippen LogP) is 5.16. The number of methoxy groups -OCH3 is 2. The maximum atomic E-state index is 14.3. The van der Waals surface area contributed by atoms with E-state index in [0.29, 0.717) is 0 Å². The molecule has 2 aliphatic rings. The van der Waals surface area contributed by atoms with Gasteiger partial charge >= 0.3 is 19.8 Å². The van der Waals surface area contributed by atoms with Crippen molar-refractivity contribution in [3.05, 3.63) is 120 Å². The molecule has 0 amide bonds. The molecule has 0 spiro atoms. The van der Waals surface area contributed by atoms with Gasteiger partial charge in [0.2, 0.25) is 5.79 Å². The predicted molar refractivity (Wildman–Crippen MR) is 146 cm³/mol. The average molecular weight is 579 g/mol. The Bertz CT molecular complexity index is 1460. The van der Waals surface area contributed by atoms with Crippen LogP contribution in [0.1, 0.15) is 5.56 Å². The first-order valence-electron chi connectivity index (χ1n) is 12.6. The van der Waals surface area contributed by atoms with Crippen LogP contribution in [0.5, 0.6) is 11.5 Å². The van der Waals surface area contributed by atoms with E-state index >= 15 is 0 Å². The molecule has 0 radical (unpaired) electrons. The number of carbonyl (C=O) groups is 2. The lowest BCUT2D eigenvalue weighted by Crippen LogP contribution is -2.38. The van der Waals surface area contributed by atoms with Crippen LogP contribution in [0.15, 0.2) is 114 Å². The van der Waals surface area contributed by atoms with Crippen molar-refractivity contribution in [1.82, 2.24) is 0 Å². The molecular formula is C30H27O10P. The fourth-order valence-electron chi connectivity index (χ4n) is 4.54. The van der Waals surface area contributed by atoms with Crippen LogP contribution in [0.25, 0.3) is 0 Å². The van der Waals surface area contributed by atoms with E-state index < -0.39 is 31.1 Å². The fourth-order valence-corrected chi connectivity index (χ4v) is 5.94. The monoisotopic (exact) mass is 578 g/mol. The van der Waals surface area contributed by atoms with Crippen LogP contribution in [0.2, 0.25) is 0 Å². The van der Waals surface area contributed by atoms with E-state index in [2.05, 4.69) is 0 Å². The normalized spacial score (nSPS) is 21.0. The molecule has 5 rings (SSSR count). The van der Waals surface area contributed by atoms with E-state index in [1.54, 1.807) is 60.7 Å². The molecule has 2 heterocycles. The summed E-state index contributed by atoms with van der Waals surface area (Å²) in [4.78, 5) is 26.3. The van der Waals surface area contributed by atoms with Gasteiger partial charge in [-0.15, -0.1) is 0 Å². The summed E-state index contributed by atoms with van der Waals surface area (Å²) in [6.45, 7) is -0.0276. The molecule has 10 nitrogen and oxygen atoms in total. The molecule has 3 aromatic carbocycles. The average Bonchev–Trinajstić information content (AvgIpc) is 3.48. The molecule has 212 valence electrons. The Balaban J connectivity index is 1.53. The lowest BCUT2D eigenvalue weighted by atomic mass is 9.86. The van der Waals surface area contributed by atoms with Crippen LogP contribution in [0.4, 0.5) is 0 Å². The minimum absolute atomic E-state index is 0.164. The third kappa shape index (κ3) is 5.82. The van der Waals surface area contributed by atoms with Crippen molar-refractivity contribution in [3.63, 3.8) is 0 Å². The van der Waals surface area contributed by atoms with Crippen LogP contribution < -0.4 is 9.05 Å². The molecule has 0 aromatic heterocycles. The number of carbonyl (C=O) groups excluding carboxylic acids is 2. The summed E-state index contributed by atoms with van der Waals surface area (Å²) in [5, 5.41) is 0. The van der Waals surface area contributed by atoms with Gasteiger partial charge in [0.1, 0.15) is 22.7 Å². The Kier molecular flexibility index (Phi) is 8.10. The number of fused-ring (bicyclic) bond motifs is 2. The summed E-state index contributed by atoms with van der Waals surface area (Å²) in [5.74, 6) is -3.72. The van der Waals surface area contributed by atoms with Crippen molar-refractivity contribution in [2.24, 2.45) is 0 Å². The number of phosphoric acid groups is 1. The van der Waals surface area contributed by atoms with Crippen LogP contribution in [-0.2, 0) is 44.2 Å². The van der Waals surface area contributed by atoms with Gasteiger partial charge in [0.15, 0.2) is 0 Å². The molecule has 2 bridgehead atoms. The lowest BCUT2D eigenvalue weighted by molar-refractivity contribution is -0.169. The zero-order chi connectivity index (χ0) is 28.9. The fraction of sp³-hybridized carbons (Fsp3) is 0.200. The van der Waals surface area contributed by atoms with E-state index in [4.69, 9.17) is 32.5 Å². The topological polar surface area (TPSA) is 116 Å². The number of para-hydroxylation sites is 2. The quantitative estimate of drug-likeness (QED) is 0.162. The molecule has 2 atom stereocenters. The molecule has 0 saturated carbocycles. The number of hydrogen-bond donors (Lipinski definition) is 0. The van der Waals surface area contributed by atoms with Gasteiger partial charge in [0.05, 0.1) is 33.0 Å². The van der Waals surface area contributed by atoms with Crippen molar-refractivity contribution in [1.29, 1.82) is 0 Å². The van der Waals surface area contributed by atoms with Gasteiger partial charge in [-0.25, -0.2) is 18.7 Å². The summed E-state index contributed by atoms with van der Waals surface area (Å²) < 4.78 is 54.0. The number of phosphoric ester groups is 1. The minimum atomic E-state index is -4.63. The van der Waals surface area contributed by atoms with Crippen LogP contribution in [0, 0.1) is 0 Å². The van der Waals surface area contributed by atoms with Gasteiger partial charge in [-0.3, -0.25) is 0 Å². The van der Waals surface area contributed by atoms with Crippen LogP contribution in [-0.4, -0.2) is 44.2 Å². The number of hydrogen-bond acceptors (Lipinski definition) is 10. The molecule has 0 fully saturated rings. The van der Waals surface area contributed by atoms with E-state index in [-0.39, 0.29) is 35.9 Å². The van der Waals surface area contributed by atoms with Crippen molar-refractivity contribution in [2.45, 2.75) is 18.0 Å². The molecule has 0 N–H and O–H groups in total. The van der Waals surface area contributed by atoms with Gasteiger partial charge in [0, 0.05) is 0 Å². The van der Waals surface area contributed by atoms with Gasteiger partial charge in [-0.1, -0.05) is 66.7 Å². The van der Waals surface area contributed by atoms with E-state index in [1.807, 2.05) is 30.3 Å². The summed E-state index contributed by atoms with van der Waals surface area (Å²) in [6, 6.07) is 25.8. The number of esters is 2. The Morgan fingerprint density at radius 2 is 1.24 bits per heavy atom. The second kappa shape index (κ2) is 11.7. The molecule has 0 aliphatic carbocycles. The second-order valence-electron chi connectivity index (χ2n) is 9.05. The van der Waals surface area contributed by atoms with Gasteiger partial charge in [-0.2, -0.15) is 0 Å². The van der Waals surface area contributed by atoms with E-state index in [9.17, 15) is 14.2 Å². The maximum absolute atomic E-state index is 14.3. The van der Waals surface area contributed by atoms with Crippen molar-refractivity contribution in [3.8, 4) is 11.5 Å². The number of ether oxygens (including phenoxy) is 4. The first-order valence-corrected chi connectivity index (χ1v) is 14.0. The van der Waals surface area contributed by atoms with Crippen LogP contribution >= 0.6 is 7.82 Å². The van der Waals surface area contributed by atoms with Gasteiger partial charge in [-0.05, 0) is 42.0 Å². The third-order valence-corrected chi connectivity index (χ3v) is 7.67. The highest BCUT2D eigenvalue weighted by atomic mass is 31.2. The Hall–Kier alpha value is -4.21. The third-order valence-electron chi connectivity index (χ3n) is 6.30. The maximum Gasteiger partial charge on any atom is 0.590 e. The lowest BCUT2D eigenvalue weighted by Gasteiger charge is -2.30. The second-order valence-corrected chi connectivity index (χ2v) is 10.5. The van der Waals surface area contributed by atoms with Crippen molar-refractivity contribution >= 4 is 19.8 Å². The standard InChI is InChI=1S/C30H27O10P/c1-34-27(31)25-26(28(32)35-2)30(19-18-29(25,39-30)21-36-20-22-12-6-3-7-13-22)40-41(33,37-23-14-8-4-9-15-23)38-24-16-10-5-11-17-24/h3-19H,20-21H2,1-2H3. The van der Waals surface area contributed by atoms with Crippen LogP contribution in [0.3, 0.4) is 0 Å². The van der Waals surface area contributed by atoms with Crippen molar-refractivity contribution in [2.75, 3.05) is 20.8 Å². The van der Waals surface area contributed by atoms with Crippen molar-refractivity contribution < 1.29 is 46.7 Å². The Morgan fingerprint density at radius 3 is 1.78 bits per heavy atom. The minimum Gasteiger partial charge on any atom is -0.466 e. The highest BCUT2D eigenvalue weighted by molar-refractivity contribution is 7.49. The smallest absolute Gasteiger partial charge is 0.466 e. The Labute approximate surface area is 236 Å². The highest BCUT2D eigenvalue weighted by Gasteiger charge is 2.66. The number of benzene rings is 3. The zero-order valence-corrected chi connectivity index (χ0v) is 23.2. The molecular weight excluding hydrogens is 551 g/mol. The molecule has 2 aliphatic heterocycles. The highest BCUT2D eigenvalue weighted by Crippen LogP contribution is 2.60. The summed E-state index contributed by atoms with van der Waals surface area (Å²) in [5.41, 5.74) is -1.34. The molecule has 41 heavy (non-hydrogen) atoms. The molecule has 11 heteroatoms. The largest absolute Gasteiger partial charge is 0.590 e. The first-order chi connectivity index (χ1) is 19.8. The van der Waals surface area contributed by atoms with Gasteiger partial charge in [0.25, 0.3) is 0 Å². The summed E-state index contributed by atoms with van der Waals surface area (Å²) in [6.07, 6.45) is 2.85. The van der Waals surface area contributed by atoms with E-state index in [0.717, 1.165) is 19.8 Å².